The van der Waals surface area contributed by atoms with Gasteiger partial charge in [0, 0.05) is 40.3 Å². The number of nitrogens with zero attached hydrogens (tertiary/aromatic N) is 4. The Labute approximate surface area is 135 Å². The van der Waals surface area contributed by atoms with Crippen LogP contribution in [0.5, 0.6) is 0 Å². The molecule has 0 radical (unpaired) electrons. The Morgan fingerprint density at radius 1 is 1.00 bits per heavy atom. The fraction of sp³-hybridized carbons (Fsp3) is 0.533. The second-order valence-corrected chi connectivity index (χ2v) is 7.83. The van der Waals surface area contributed by atoms with E-state index in [-0.39, 0.29) is 10.6 Å². The first-order valence-corrected chi connectivity index (χ1v) is 9.18. The maximum Gasteiger partial charge on any atom is 0.328 e. The molecule has 2 heterocycles. The first-order chi connectivity index (χ1) is 10.9. The van der Waals surface area contributed by atoms with E-state index in [0.717, 1.165) is 25.2 Å². The van der Waals surface area contributed by atoms with E-state index in [9.17, 15) is 13.2 Å². The summed E-state index contributed by atoms with van der Waals surface area (Å²) in [4.78, 5) is 14.5. The van der Waals surface area contributed by atoms with E-state index in [0.29, 0.717) is 18.6 Å². The van der Waals surface area contributed by atoms with Gasteiger partial charge in [0.15, 0.2) is 0 Å². The van der Waals surface area contributed by atoms with E-state index in [4.69, 9.17) is 0 Å². The zero-order valence-electron chi connectivity index (χ0n) is 13.7. The summed E-state index contributed by atoms with van der Waals surface area (Å²) < 4.78 is 30.2. The van der Waals surface area contributed by atoms with Crippen molar-refractivity contribution in [2.45, 2.75) is 11.8 Å². The van der Waals surface area contributed by atoms with Gasteiger partial charge in [-0.3, -0.25) is 9.13 Å². The summed E-state index contributed by atoms with van der Waals surface area (Å²) in [7, 11) is -0.186. The molecule has 1 fully saturated rings. The van der Waals surface area contributed by atoms with Crippen LogP contribution in [0.4, 0.5) is 0 Å². The van der Waals surface area contributed by atoms with Crippen molar-refractivity contribution in [1.82, 2.24) is 18.3 Å². The van der Waals surface area contributed by atoms with Crippen molar-refractivity contribution in [3.63, 3.8) is 0 Å². The molecule has 0 amide bonds. The number of fused-ring (bicyclic) bond motifs is 1. The minimum absolute atomic E-state index is 0.161. The fourth-order valence-corrected chi connectivity index (χ4v) is 4.52. The third-order valence-corrected chi connectivity index (χ3v) is 6.55. The maximum absolute atomic E-state index is 12.8. The zero-order chi connectivity index (χ0) is 16.8. The summed E-state index contributed by atoms with van der Waals surface area (Å²) in [5, 5.41) is 0. The molecule has 23 heavy (non-hydrogen) atoms. The molecule has 126 valence electrons. The van der Waals surface area contributed by atoms with Crippen molar-refractivity contribution < 1.29 is 8.42 Å². The minimum atomic E-state index is -3.52. The molecule has 2 aromatic rings. The molecule has 0 spiro atoms. The van der Waals surface area contributed by atoms with E-state index >= 15 is 0 Å². The minimum Gasteiger partial charge on any atom is -0.301 e. The fourth-order valence-electron chi connectivity index (χ4n) is 3.08. The number of hydrogen-bond acceptors (Lipinski definition) is 4. The molecule has 8 heteroatoms. The predicted molar refractivity (Wildman–Crippen MR) is 89.0 cm³/mol. The lowest BCUT2D eigenvalue weighted by Crippen LogP contribution is -2.48. The number of benzene rings is 1. The molecule has 1 aliphatic heterocycles. The number of likely N-dealkylation sites (N-methyl/N-ethyl adjacent to an activating group) is 1. The number of aryl methyl sites for hydroxylation is 2. The van der Waals surface area contributed by atoms with Crippen molar-refractivity contribution in [1.29, 1.82) is 0 Å². The highest BCUT2D eigenvalue weighted by molar-refractivity contribution is 7.89. The summed E-state index contributed by atoms with van der Waals surface area (Å²) in [5.74, 6) is 0. The van der Waals surface area contributed by atoms with Gasteiger partial charge in [0.2, 0.25) is 10.0 Å². The van der Waals surface area contributed by atoms with E-state index in [1.54, 1.807) is 32.3 Å². The highest BCUT2D eigenvalue weighted by Crippen LogP contribution is 2.22. The molecule has 1 saturated heterocycles. The molecule has 7 nitrogen and oxygen atoms in total. The highest BCUT2D eigenvalue weighted by Gasteiger charge is 2.28. The van der Waals surface area contributed by atoms with Crippen molar-refractivity contribution in [3.8, 4) is 0 Å². The Balaban J connectivity index is 1.99. The van der Waals surface area contributed by atoms with Gasteiger partial charge in [0.25, 0.3) is 0 Å². The molecule has 0 saturated carbocycles. The van der Waals surface area contributed by atoms with E-state index in [2.05, 4.69) is 11.8 Å². The average Bonchev–Trinajstić information content (AvgIpc) is 2.79. The third-order valence-electron chi connectivity index (χ3n) is 4.66. The normalized spacial score (nSPS) is 17.9. The molecule has 0 unspecified atom stereocenters. The Hall–Kier alpha value is -1.64. The van der Waals surface area contributed by atoms with Crippen LogP contribution in [-0.2, 0) is 24.1 Å². The van der Waals surface area contributed by atoms with Crippen LogP contribution in [0.3, 0.4) is 0 Å². The van der Waals surface area contributed by atoms with Gasteiger partial charge in [-0.15, -0.1) is 0 Å². The molecule has 0 atom stereocenters. The van der Waals surface area contributed by atoms with Gasteiger partial charge in [-0.1, -0.05) is 6.92 Å². The number of piperazine rings is 1. The Morgan fingerprint density at radius 2 is 1.61 bits per heavy atom. The standard InChI is InChI=1S/C15H22N4O3S/c1-4-18-7-9-19(10-8-18)23(21,22)12-5-6-13-14(11-12)17(3)15(20)16(13)2/h5-6,11H,4,7-10H2,1-3H3. The Kier molecular flexibility index (Phi) is 4.07. The largest absolute Gasteiger partial charge is 0.328 e. The average molecular weight is 338 g/mol. The molecule has 1 aromatic heterocycles. The van der Waals surface area contributed by atoms with Gasteiger partial charge in [-0.2, -0.15) is 4.31 Å². The van der Waals surface area contributed by atoms with Crippen LogP contribution >= 0.6 is 0 Å². The van der Waals surface area contributed by atoms with Gasteiger partial charge in [0.05, 0.1) is 15.9 Å². The second-order valence-electron chi connectivity index (χ2n) is 5.89. The van der Waals surface area contributed by atoms with E-state index < -0.39 is 10.0 Å². The van der Waals surface area contributed by atoms with E-state index in [1.165, 1.54) is 13.4 Å². The van der Waals surface area contributed by atoms with Crippen molar-refractivity contribution >= 4 is 21.1 Å². The van der Waals surface area contributed by atoms with Gasteiger partial charge in [0.1, 0.15) is 0 Å². The zero-order valence-corrected chi connectivity index (χ0v) is 14.5. The summed E-state index contributed by atoms with van der Waals surface area (Å²) in [6.07, 6.45) is 0. The van der Waals surface area contributed by atoms with Crippen LogP contribution in [0.15, 0.2) is 27.9 Å². The second kappa shape index (κ2) is 5.77. The molecular formula is C15H22N4O3S. The van der Waals surface area contributed by atoms with Gasteiger partial charge in [-0.25, -0.2) is 13.2 Å². The van der Waals surface area contributed by atoms with Gasteiger partial charge >= 0.3 is 5.69 Å². The molecule has 3 rings (SSSR count). The molecule has 0 bridgehead atoms. The summed E-state index contributed by atoms with van der Waals surface area (Å²) >= 11 is 0. The molecule has 0 aliphatic carbocycles. The number of hydrogen-bond donors (Lipinski definition) is 0. The Bertz CT molecular complexity index is 889. The monoisotopic (exact) mass is 338 g/mol. The lowest BCUT2D eigenvalue weighted by molar-refractivity contribution is 0.196. The molecule has 1 aromatic carbocycles. The smallest absolute Gasteiger partial charge is 0.301 e. The number of aromatic nitrogens is 2. The number of sulfonamides is 1. The van der Waals surface area contributed by atoms with Crippen LogP contribution in [-0.4, -0.2) is 59.5 Å². The van der Waals surface area contributed by atoms with Crippen LogP contribution in [0.25, 0.3) is 11.0 Å². The predicted octanol–water partition coefficient (Wildman–Crippen LogP) is 0.203. The van der Waals surface area contributed by atoms with Crippen molar-refractivity contribution in [3.05, 3.63) is 28.7 Å². The summed E-state index contributed by atoms with van der Waals surface area (Å²) in [6, 6.07) is 4.88. The van der Waals surface area contributed by atoms with Gasteiger partial charge < -0.3 is 4.90 Å². The quantitative estimate of drug-likeness (QED) is 0.802. The highest BCUT2D eigenvalue weighted by atomic mass is 32.2. The van der Waals surface area contributed by atoms with Crippen LogP contribution in [0, 0.1) is 0 Å². The van der Waals surface area contributed by atoms with E-state index in [1.807, 2.05) is 0 Å². The first kappa shape index (κ1) is 16.2. The maximum atomic E-state index is 12.8. The summed E-state index contributed by atoms with van der Waals surface area (Å²) in [6.45, 7) is 5.52. The molecular weight excluding hydrogens is 316 g/mol. The van der Waals surface area contributed by atoms with Crippen LogP contribution in [0.1, 0.15) is 6.92 Å². The molecule has 1 aliphatic rings. The summed E-state index contributed by atoms with van der Waals surface area (Å²) in [5.41, 5.74) is 1.20. The SMILES string of the molecule is CCN1CCN(S(=O)(=O)c2ccc3c(c2)n(C)c(=O)n3C)CC1. The number of rotatable bonds is 3. The first-order valence-electron chi connectivity index (χ1n) is 7.74. The lowest BCUT2D eigenvalue weighted by atomic mass is 10.3. The topological polar surface area (TPSA) is 67.6 Å². The van der Waals surface area contributed by atoms with Crippen molar-refractivity contribution in [2.24, 2.45) is 14.1 Å². The van der Waals surface area contributed by atoms with Crippen LogP contribution in [0.2, 0.25) is 0 Å². The third kappa shape index (κ3) is 2.60. The lowest BCUT2D eigenvalue weighted by Gasteiger charge is -2.33. The Morgan fingerprint density at radius 3 is 2.22 bits per heavy atom. The molecule has 0 N–H and O–H groups in total. The van der Waals surface area contributed by atoms with Gasteiger partial charge in [-0.05, 0) is 24.7 Å². The van der Waals surface area contributed by atoms with Crippen molar-refractivity contribution in [2.75, 3.05) is 32.7 Å². The number of imidazole rings is 1. The van der Waals surface area contributed by atoms with Crippen LogP contribution < -0.4 is 5.69 Å².